The van der Waals surface area contributed by atoms with Crippen LogP contribution < -0.4 is 9.47 Å². The molecule has 3 rings (SSSR count). The fourth-order valence-corrected chi connectivity index (χ4v) is 4.78. The monoisotopic (exact) mass is 448 g/mol. The van der Waals surface area contributed by atoms with E-state index in [1.807, 2.05) is 30.3 Å². The van der Waals surface area contributed by atoms with Gasteiger partial charge in [0.25, 0.3) is 0 Å². The fourth-order valence-electron chi connectivity index (χ4n) is 3.37. The van der Waals surface area contributed by atoms with Crippen molar-refractivity contribution >= 4 is 15.9 Å². The van der Waals surface area contributed by atoms with Crippen molar-refractivity contribution in [2.75, 3.05) is 53.6 Å². The van der Waals surface area contributed by atoms with E-state index in [0.29, 0.717) is 44.2 Å². The highest BCUT2D eigenvalue weighted by Gasteiger charge is 2.29. The van der Waals surface area contributed by atoms with Crippen molar-refractivity contribution in [3.8, 4) is 11.5 Å². The molecule has 8 nitrogen and oxygen atoms in total. The average molecular weight is 449 g/mol. The zero-order valence-corrected chi connectivity index (χ0v) is 18.6. The number of nitrogens with zero attached hydrogens (tertiary/aromatic N) is 2. The third kappa shape index (κ3) is 5.75. The third-order valence-electron chi connectivity index (χ3n) is 5.16. The van der Waals surface area contributed by atoms with Crippen LogP contribution in [0.3, 0.4) is 0 Å². The van der Waals surface area contributed by atoms with Crippen LogP contribution in [-0.2, 0) is 26.0 Å². The van der Waals surface area contributed by atoms with Crippen molar-refractivity contribution in [1.82, 2.24) is 9.21 Å². The van der Waals surface area contributed by atoms with Gasteiger partial charge in [0.15, 0.2) is 11.5 Å². The van der Waals surface area contributed by atoms with E-state index in [0.717, 1.165) is 5.56 Å². The predicted molar refractivity (Wildman–Crippen MR) is 116 cm³/mol. The number of carbonyl (C=O) groups is 1. The molecule has 2 aromatic carbocycles. The number of amides is 1. The first kappa shape index (κ1) is 23.1. The Kier molecular flexibility index (Phi) is 7.89. The fraction of sp³-hybridized carbons (Fsp3) is 0.409. The van der Waals surface area contributed by atoms with Crippen molar-refractivity contribution in [1.29, 1.82) is 0 Å². The quantitative estimate of drug-likeness (QED) is 0.582. The van der Waals surface area contributed by atoms with Crippen molar-refractivity contribution in [2.24, 2.45) is 0 Å². The van der Waals surface area contributed by atoms with E-state index in [9.17, 15) is 13.2 Å². The summed E-state index contributed by atoms with van der Waals surface area (Å²) in [6.45, 7) is 1.78. The largest absolute Gasteiger partial charge is 0.493 e. The van der Waals surface area contributed by atoms with Crippen LogP contribution in [0.2, 0.25) is 0 Å². The molecule has 0 N–H and O–H groups in total. The maximum Gasteiger partial charge on any atom is 0.243 e. The third-order valence-corrected chi connectivity index (χ3v) is 7.00. The van der Waals surface area contributed by atoms with E-state index >= 15 is 0 Å². The van der Waals surface area contributed by atoms with Gasteiger partial charge in [-0.3, -0.25) is 4.79 Å². The molecule has 0 saturated carbocycles. The highest BCUT2D eigenvalue weighted by molar-refractivity contribution is 7.89. The predicted octanol–water partition coefficient (Wildman–Crippen LogP) is 1.80. The van der Waals surface area contributed by atoms with Crippen LogP contribution in [0.1, 0.15) is 5.56 Å². The molecule has 1 heterocycles. The first-order valence-corrected chi connectivity index (χ1v) is 11.5. The van der Waals surface area contributed by atoms with E-state index in [4.69, 9.17) is 14.2 Å². The molecule has 31 heavy (non-hydrogen) atoms. The van der Waals surface area contributed by atoms with Gasteiger partial charge < -0.3 is 19.1 Å². The van der Waals surface area contributed by atoms with Gasteiger partial charge in [0.05, 0.1) is 38.9 Å². The molecule has 9 heteroatoms. The minimum absolute atomic E-state index is 0.0491. The number of rotatable bonds is 9. The number of sulfonamides is 1. The minimum Gasteiger partial charge on any atom is -0.493 e. The summed E-state index contributed by atoms with van der Waals surface area (Å²) in [6.07, 6.45) is 0.490. The van der Waals surface area contributed by atoms with Crippen LogP contribution in [0.5, 0.6) is 11.5 Å². The summed E-state index contributed by atoms with van der Waals surface area (Å²) in [4.78, 5) is 14.5. The number of morpholine rings is 1. The Labute approximate surface area is 183 Å². The van der Waals surface area contributed by atoms with Gasteiger partial charge in [-0.2, -0.15) is 4.31 Å². The van der Waals surface area contributed by atoms with E-state index in [1.165, 1.54) is 30.7 Å². The van der Waals surface area contributed by atoms with Gasteiger partial charge in [0.1, 0.15) is 0 Å². The number of carbonyl (C=O) groups excluding carboxylic acids is 1. The average Bonchev–Trinajstić information content (AvgIpc) is 2.82. The molecule has 1 saturated heterocycles. The van der Waals surface area contributed by atoms with E-state index in [-0.39, 0.29) is 23.9 Å². The standard InChI is InChI=1S/C22H28N2O6S/c1-28-20-9-8-19(16-21(20)29-2)31(26,27)24(11-10-18-6-4-3-5-7-18)17-22(25)23-12-14-30-15-13-23/h3-9,16H,10-15,17H2,1-2H3. The lowest BCUT2D eigenvalue weighted by Gasteiger charge is -2.30. The molecule has 0 spiro atoms. The Hall–Kier alpha value is -2.62. The Morgan fingerprint density at radius 3 is 2.35 bits per heavy atom. The van der Waals surface area contributed by atoms with Crippen LogP contribution >= 0.6 is 0 Å². The van der Waals surface area contributed by atoms with Gasteiger partial charge in [-0.25, -0.2) is 8.42 Å². The molecule has 0 aliphatic carbocycles. The summed E-state index contributed by atoms with van der Waals surface area (Å²) < 4.78 is 43.9. The summed E-state index contributed by atoms with van der Waals surface area (Å²) in [5.74, 6) is 0.508. The number of methoxy groups -OCH3 is 2. The second-order valence-corrected chi connectivity index (χ2v) is 9.02. The number of ether oxygens (including phenoxy) is 3. The molecule has 0 radical (unpaired) electrons. The van der Waals surface area contributed by atoms with Crippen molar-refractivity contribution in [3.05, 3.63) is 54.1 Å². The Bertz CT molecular complexity index is 975. The zero-order valence-electron chi connectivity index (χ0n) is 17.8. The molecule has 0 bridgehead atoms. The van der Waals surface area contributed by atoms with E-state index < -0.39 is 10.0 Å². The summed E-state index contributed by atoms with van der Waals surface area (Å²) in [6, 6.07) is 14.0. The summed E-state index contributed by atoms with van der Waals surface area (Å²) in [5.41, 5.74) is 0.994. The smallest absolute Gasteiger partial charge is 0.243 e. The topological polar surface area (TPSA) is 85.4 Å². The maximum atomic E-state index is 13.5. The van der Waals surface area contributed by atoms with Crippen molar-refractivity contribution in [3.63, 3.8) is 0 Å². The first-order valence-electron chi connectivity index (χ1n) is 10.1. The highest BCUT2D eigenvalue weighted by Crippen LogP contribution is 2.30. The molecule has 1 aliphatic rings. The molecular weight excluding hydrogens is 420 g/mol. The summed E-state index contributed by atoms with van der Waals surface area (Å²) in [7, 11) is -1.01. The van der Waals surface area contributed by atoms with Gasteiger partial charge in [0, 0.05) is 25.7 Å². The number of benzene rings is 2. The van der Waals surface area contributed by atoms with Gasteiger partial charge >= 0.3 is 0 Å². The van der Waals surface area contributed by atoms with Crippen LogP contribution in [0, 0.1) is 0 Å². The molecule has 0 atom stereocenters. The van der Waals surface area contributed by atoms with Gasteiger partial charge in [-0.05, 0) is 24.1 Å². The summed E-state index contributed by atoms with van der Waals surface area (Å²) in [5, 5.41) is 0. The molecular formula is C22H28N2O6S. The highest BCUT2D eigenvalue weighted by atomic mass is 32.2. The SMILES string of the molecule is COc1ccc(S(=O)(=O)N(CCc2ccccc2)CC(=O)N2CCOCC2)cc1OC. The van der Waals surface area contributed by atoms with E-state index in [2.05, 4.69) is 0 Å². The Balaban J connectivity index is 1.86. The van der Waals surface area contributed by atoms with Crippen LogP contribution in [-0.4, -0.2) is 77.1 Å². The Morgan fingerprint density at radius 2 is 1.71 bits per heavy atom. The van der Waals surface area contributed by atoms with Gasteiger partial charge in [-0.15, -0.1) is 0 Å². The molecule has 0 unspecified atom stereocenters. The maximum absolute atomic E-state index is 13.5. The molecule has 1 amide bonds. The summed E-state index contributed by atoms with van der Waals surface area (Å²) >= 11 is 0. The second kappa shape index (κ2) is 10.6. The molecule has 1 aliphatic heterocycles. The van der Waals surface area contributed by atoms with Crippen molar-refractivity contribution in [2.45, 2.75) is 11.3 Å². The molecule has 1 fully saturated rings. The lowest BCUT2D eigenvalue weighted by molar-refractivity contribution is -0.135. The normalized spacial score (nSPS) is 14.5. The van der Waals surface area contributed by atoms with Gasteiger partial charge in [0.2, 0.25) is 15.9 Å². The van der Waals surface area contributed by atoms with Crippen LogP contribution in [0.15, 0.2) is 53.4 Å². The van der Waals surface area contributed by atoms with Gasteiger partial charge in [-0.1, -0.05) is 30.3 Å². The molecule has 2 aromatic rings. The van der Waals surface area contributed by atoms with Crippen LogP contribution in [0.4, 0.5) is 0 Å². The van der Waals surface area contributed by atoms with Crippen LogP contribution in [0.25, 0.3) is 0 Å². The second-order valence-electron chi connectivity index (χ2n) is 7.08. The molecule has 168 valence electrons. The number of hydrogen-bond donors (Lipinski definition) is 0. The molecule has 0 aromatic heterocycles. The zero-order chi connectivity index (χ0) is 22.3. The lowest BCUT2D eigenvalue weighted by atomic mass is 10.1. The number of hydrogen-bond acceptors (Lipinski definition) is 6. The lowest BCUT2D eigenvalue weighted by Crippen LogP contribution is -2.47. The minimum atomic E-state index is -3.94. The van der Waals surface area contributed by atoms with E-state index in [1.54, 1.807) is 11.0 Å². The van der Waals surface area contributed by atoms with Crippen molar-refractivity contribution < 1.29 is 27.4 Å². The Morgan fingerprint density at radius 1 is 1.03 bits per heavy atom. The first-order chi connectivity index (χ1) is 15.0.